The summed E-state index contributed by atoms with van der Waals surface area (Å²) in [7, 11) is 0. The van der Waals surface area contributed by atoms with Crippen LogP contribution in [0, 0.1) is 5.82 Å². The van der Waals surface area contributed by atoms with E-state index in [1.54, 1.807) is 17.4 Å². The van der Waals surface area contributed by atoms with Crippen LogP contribution in [0.15, 0.2) is 56.7 Å². The Bertz CT molecular complexity index is 1200. The van der Waals surface area contributed by atoms with E-state index in [4.69, 9.17) is 0 Å². The molecule has 0 aliphatic rings. The van der Waals surface area contributed by atoms with Gasteiger partial charge >= 0.3 is 0 Å². The lowest BCUT2D eigenvalue weighted by atomic mass is 10.2. The topological polar surface area (TPSA) is 64.0 Å². The van der Waals surface area contributed by atoms with Crippen molar-refractivity contribution in [1.82, 2.24) is 14.9 Å². The molecule has 0 aliphatic carbocycles. The van der Waals surface area contributed by atoms with Crippen LogP contribution in [0.2, 0.25) is 0 Å². The van der Waals surface area contributed by atoms with Gasteiger partial charge in [0.15, 0.2) is 0 Å². The first-order valence-electron chi connectivity index (χ1n) is 8.23. The monoisotopic (exact) mass is 477 g/mol. The van der Waals surface area contributed by atoms with Crippen LogP contribution in [0.3, 0.4) is 0 Å². The Hall–Kier alpha value is -2.36. The van der Waals surface area contributed by atoms with Gasteiger partial charge in [0.05, 0.1) is 11.7 Å². The zero-order valence-electron chi connectivity index (χ0n) is 14.3. The van der Waals surface area contributed by atoms with E-state index in [2.05, 4.69) is 26.2 Å². The third-order valence-corrected chi connectivity index (χ3v) is 6.32. The zero-order valence-corrected chi connectivity index (χ0v) is 17.5. The summed E-state index contributed by atoms with van der Waals surface area (Å²) < 4.78 is 15.3. The van der Waals surface area contributed by atoms with Crippen LogP contribution in [0.4, 0.5) is 4.39 Å². The molecular formula is C19H13BrFN3O2S2. The van der Waals surface area contributed by atoms with E-state index in [0.717, 1.165) is 10.4 Å². The Balaban J connectivity index is 1.54. The molecule has 0 spiro atoms. The molecule has 1 amide bonds. The highest BCUT2D eigenvalue weighted by atomic mass is 79.9. The lowest BCUT2D eigenvalue weighted by Crippen LogP contribution is -2.32. The van der Waals surface area contributed by atoms with Crippen LogP contribution in [0.5, 0.6) is 0 Å². The molecule has 4 rings (SSSR count). The smallest absolute Gasteiger partial charge is 0.263 e. The van der Waals surface area contributed by atoms with Gasteiger partial charge in [0.1, 0.15) is 17.2 Å². The van der Waals surface area contributed by atoms with Crippen molar-refractivity contribution in [1.29, 1.82) is 0 Å². The molecule has 4 aromatic rings. The van der Waals surface area contributed by atoms with Crippen molar-refractivity contribution in [3.63, 3.8) is 0 Å². The standard InChI is InChI=1S/C19H13BrFN3O2S2/c20-12-4-11(5-13(21)6-12)7-22-16(25)8-24-10-23-18-17(19(24)26)14(9-28-18)15-2-1-3-27-15/h1-6,9-10H,7-8H2,(H,22,25). The number of rotatable bonds is 5. The quantitative estimate of drug-likeness (QED) is 0.463. The maximum absolute atomic E-state index is 13.4. The van der Waals surface area contributed by atoms with Crippen LogP contribution >= 0.6 is 38.6 Å². The highest BCUT2D eigenvalue weighted by Crippen LogP contribution is 2.33. The largest absolute Gasteiger partial charge is 0.350 e. The number of nitrogens with one attached hydrogen (secondary N) is 1. The van der Waals surface area contributed by atoms with Crippen molar-refractivity contribution in [2.24, 2.45) is 0 Å². The second kappa shape index (κ2) is 7.94. The number of thiophene rings is 2. The molecular weight excluding hydrogens is 465 g/mol. The summed E-state index contributed by atoms with van der Waals surface area (Å²) in [4.78, 5) is 31.2. The van der Waals surface area contributed by atoms with Crippen molar-refractivity contribution < 1.29 is 9.18 Å². The van der Waals surface area contributed by atoms with Crippen molar-refractivity contribution in [2.45, 2.75) is 13.1 Å². The average molecular weight is 478 g/mol. The van der Waals surface area contributed by atoms with Crippen LogP contribution < -0.4 is 10.9 Å². The fraction of sp³-hybridized carbons (Fsp3) is 0.105. The summed E-state index contributed by atoms with van der Waals surface area (Å²) in [5.74, 6) is -0.736. The minimum atomic E-state index is -0.386. The Morgan fingerprint density at radius 1 is 1.29 bits per heavy atom. The van der Waals surface area contributed by atoms with Gasteiger partial charge in [-0.25, -0.2) is 9.37 Å². The van der Waals surface area contributed by atoms with Gasteiger partial charge in [-0.05, 0) is 35.2 Å². The van der Waals surface area contributed by atoms with Crippen molar-refractivity contribution >= 4 is 54.7 Å². The van der Waals surface area contributed by atoms with Crippen molar-refractivity contribution in [2.75, 3.05) is 0 Å². The minimum Gasteiger partial charge on any atom is -0.350 e. The Kier molecular flexibility index (Phi) is 5.38. The third-order valence-electron chi connectivity index (χ3n) is 4.07. The molecule has 0 unspecified atom stereocenters. The van der Waals surface area contributed by atoms with E-state index in [0.29, 0.717) is 20.3 Å². The maximum Gasteiger partial charge on any atom is 0.263 e. The number of halogens is 2. The Morgan fingerprint density at radius 3 is 2.89 bits per heavy atom. The molecule has 0 saturated carbocycles. The summed E-state index contributed by atoms with van der Waals surface area (Å²) in [6.45, 7) is 0.0104. The van der Waals surface area contributed by atoms with E-state index < -0.39 is 0 Å². The molecule has 0 bridgehead atoms. The van der Waals surface area contributed by atoms with Gasteiger partial charge in [-0.3, -0.25) is 14.2 Å². The van der Waals surface area contributed by atoms with Crippen LogP contribution in [-0.4, -0.2) is 15.5 Å². The molecule has 0 atom stereocenters. The van der Waals surface area contributed by atoms with Crippen molar-refractivity contribution in [3.05, 3.63) is 73.6 Å². The van der Waals surface area contributed by atoms with Crippen LogP contribution in [0.1, 0.15) is 5.56 Å². The molecule has 0 saturated heterocycles. The van der Waals surface area contributed by atoms with Crippen LogP contribution in [0.25, 0.3) is 20.7 Å². The lowest BCUT2D eigenvalue weighted by Gasteiger charge is -2.08. The van der Waals surface area contributed by atoms with Gasteiger partial charge in [0, 0.05) is 26.8 Å². The molecule has 28 heavy (non-hydrogen) atoms. The third kappa shape index (κ3) is 3.91. The second-order valence-corrected chi connectivity index (χ2v) is 8.76. The Labute approximate surface area is 175 Å². The first kappa shape index (κ1) is 19.0. The first-order chi connectivity index (χ1) is 13.5. The fourth-order valence-electron chi connectivity index (χ4n) is 2.82. The molecule has 142 valence electrons. The zero-order chi connectivity index (χ0) is 19.7. The maximum atomic E-state index is 13.4. The average Bonchev–Trinajstić information content (AvgIpc) is 3.31. The van der Waals surface area contributed by atoms with Gasteiger partial charge in [0.2, 0.25) is 5.91 Å². The highest BCUT2D eigenvalue weighted by Gasteiger charge is 2.15. The van der Waals surface area contributed by atoms with Gasteiger partial charge in [-0.15, -0.1) is 22.7 Å². The predicted molar refractivity (Wildman–Crippen MR) is 113 cm³/mol. The summed E-state index contributed by atoms with van der Waals surface area (Å²) in [6.07, 6.45) is 1.39. The molecule has 0 fully saturated rings. The number of hydrogen-bond acceptors (Lipinski definition) is 5. The van der Waals surface area contributed by atoms with E-state index in [1.165, 1.54) is 34.4 Å². The van der Waals surface area contributed by atoms with Crippen molar-refractivity contribution in [3.8, 4) is 10.4 Å². The number of fused-ring (bicyclic) bond motifs is 1. The van der Waals surface area contributed by atoms with E-state index in [1.807, 2.05) is 22.9 Å². The molecule has 0 aliphatic heterocycles. The molecule has 9 heteroatoms. The fourth-order valence-corrected chi connectivity index (χ4v) is 5.05. The first-order valence-corrected chi connectivity index (χ1v) is 10.8. The van der Waals surface area contributed by atoms with Crippen LogP contribution in [-0.2, 0) is 17.9 Å². The summed E-state index contributed by atoms with van der Waals surface area (Å²) >= 11 is 6.18. The van der Waals surface area contributed by atoms with E-state index in [9.17, 15) is 14.0 Å². The molecule has 5 nitrogen and oxygen atoms in total. The van der Waals surface area contributed by atoms with Gasteiger partial charge in [-0.1, -0.05) is 22.0 Å². The molecule has 3 aromatic heterocycles. The molecule has 3 heterocycles. The number of aromatic nitrogens is 2. The molecule has 0 radical (unpaired) electrons. The SMILES string of the molecule is O=C(Cn1cnc2scc(-c3cccs3)c2c1=O)NCc1cc(F)cc(Br)c1. The normalized spacial score (nSPS) is 11.1. The number of amides is 1. The lowest BCUT2D eigenvalue weighted by molar-refractivity contribution is -0.121. The summed E-state index contributed by atoms with van der Waals surface area (Å²) in [6, 6.07) is 8.30. The van der Waals surface area contributed by atoms with Gasteiger partial charge in [0.25, 0.3) is 5.56 Å². The van der Waals surface area contributed by atoms with Gasteiger partial charge in [-0.2, -0.15) is 0 Å². The molecule has 1 N–H and O–H groups in total. The van der Waals surface area contributed by atoms with Gasteiger partial charge < -0.3 is 5.32 Å². The number of nitrogens with zero attached hydrogens (tertiary/aromatic N) is 2. The molecule has 1 aromatic carbocycles. The number of carbonyl (C=O) groups excluding carboxylic acids is 1. The predicted octanol–water partition coefficient (Wildman–Crippen LogP) is 4.40. The minimum absolute atomic E-state index is 0.155. The second-order valence-electron chi connectivity index (χ2n) is 6.04. The highest BCUT2D eigenvalue weighted by molar-refractivity contribution is 9.10. The number of hydrogen-bond donors (Lipinski definition) is 1. The number of carbonyl (C=O) groups is 1. The Morgan fingerprint density at radius 2 is 2.14 bits per heavy atom. The number of benzene rings is 1. The summed E-state index contributed by atoms with van der Waals surface area (Å²) in [5.41, 5.74) is 1.21. The van der Waals surface area contributed by atoms with E-state index in [-0.39, 0.29) is 30.4 Å². The summed E-state index contributed by atoms with van der Waals surface area (Å²) in [5, 5.41) is 7.09. The van der Waals surface area contributed by atoms with E-state index >= 15 is 0 Å².